The molecule has 0 aliphatic heterocycles. The van der Waals surface area contributed by atoms with Crippen molar-refractivity contribution >= 4 is 6.09 Å². The molecule has 10 nitrogen and oxygen atoms in total. The number of alkyl carbamates (subject to hydrolysis) is 1. The fourth-order valence-electron chi connectivity index (χ4n) is 3.23. The van der Waals surface area contributed by atoms with E-state index in [2.05, 4.69) is 12.2 Å². The van der Waals surface area contributed by atoms with Gasteiger partial charge < -0.3 is 43.2 Å². The van der Waals surface area contributed by atoms with Crippen molar-refractivity contribution in [2.45, 2.75) is 45.6 Å². The Morgan fingerprint density at radius 1 is 0.564 bits per heavy atom. The number of hydrogen-bond donors (Lipinski definition) is 1. The van der Waals surface area contributed by atoms with Gasteiger partial charge in [-0.1, -0.05) is 62.9 Å². The second-order valence-corrected chi connectivity index (χ2v) is 8.69. The van der Waals surface area contributed by atoms with E-state index in [1.54, 1.807) is 0 Å². The fraction of sp³-hybridized carbons (Fsp3) is 0.759. The van der Waals surface area contributed by atoms with E-state index in [1.807, 2.05) is 30.3 Å². The van der Waals surface area contributed by atoms with E-state index >= 15 is 0 Å². The van der Waals surface area contributed by atoms with Crippen LogP contribution in [0.2, 0.25) is 0 Å². The van der Waals surface area contributed by atoms with E-state index in [0.29, 0.717) is 92.4 Å². The van der Waals surface area contributed by atoms with Crippen molar-refractivity contribution < 1.29 is 42.7 Å². The zero-order valence-corrected chi connectivity index (χ0v) is 23.9. The molecule has 0 aliphatic rings. The Labute approximate surface area is 234 Å². The van der Waals surface area contributed by atoms with Crippen LogP contribution in [-0.4, -0.2) is 105 Å². The highest BCUT2D eigenvalue weighted by Gasteiger charge is 2.01. The summed E-state index contributed by atoms with van der Waals surface area (Å²) in [5.41, 5.74) is 0.945. The normalized spacial score (nSPS) is 11.1. The molecule has 1 rings (SSSR count). The number of amides is 1. The maximum absolute atomic E-state index is 11.6. The second-order valence-electron chi connectivity index (χ2n) is 8.69. The number of hydrogen-bond acceptors (Lipinski definition) is 9. The molecule has 0 fully saturated rings. The number of ether oxygens (including phenoxy) is 8. The number of nitrogens with one attached hydrogen (secondary N) is 1. The summed E-state index contributed by atoms with van der Waals surface area (Å²) in [5.74, 6) is 0. The zero-order valence-electron chi connectivity index (χ0n) is 23.9. The lowest BCUT2D eigenvalue weighted by atomic mass is 10.2. The molecule has 0 spiro atoms. The van der Waals surface area contributed by atoms with Crippen LogP contribution in [0.15, 0.2) is 30.3 Å². The third kappa shape index (κ3) is 26.2. The molecular formula is C29H51NO9. The summed E-state index contributed by atoms with van der Waals surface area (Å²) in [6.45, 7) is 10.4. The summed E-state index contributed by atoms with van der Waals surface area (Å²) in [4.78, 5) is 11.6. The highest BCUT2D eigenvalue weighted by atomic mass is 16.6. The van der Waals surface area contributed by atoms with Crippen LogP contribution in [0.1, 0.15) is 44.6 Å². The number of unbranched alkanes of at least 4 members (excludes halogenated alkanes) is 4. The van der Waals surface area contributed by atoms with E-state index in [1.165, 1.54) is 25.7 Å². The first-order valence-corrected chi connectivity index (χ1v) is 14.3. The molecule has 1 aromatic carbocycles. The molecule has 10 heteroatoms. The molecule has 0 aromatic heterocycles. The second kappa shape index (κ2) is 29.2. The van der Waals surface area contributed by atoms with Crippen LogP contribution in [0, 0.1) is 0 Å². The summed E-state index contributed by atoms with van der Waals surface area (Å²) in [7, 11) is 0. The largest absolute Gasteiger partial charge is 0.445 e. The van der Waals surface area contributed by atoms with Gasteiger partial charge in [0.2, 0.25) is 0 Å². The van der Waals surface area contributed by atoms with E-state index < -0.39 is 6.09 Å². The van der Waals surface area contributed by atoms with Crippen molar-refractivity contribution in [2.24, 2.45) is 0 Å². The van der Waals surface area contributed by atoms with Gasteiger partial charge in [-0.15, -0.1) is 0 Å². The van der Waals surface area contributed by atoms with Gasteiger partial charge in [-0.05, 0) is 12.0 Å². The Balaban J connectivity index is 1.66. The molecule has 0 radical (unpaired) electrons. The minimum absolute atomic E-state index is 0.246. The molecule has 0 saturated carbocycles. The van der Waals surface area contributed by atoms with Gasteiger partial charge in [-0.3, -0.25) is 0 Å². The van der Waals surface area contributed by atoms with Gasteiger partial charge in [-0.2, -0.15) is 0 Å². The Kier molecular flexibility index (Phi) is 26.4. The average Bonchev–Trinajstić information content (AvgIpc) is 2.96. The maximum atomic E-state index is 11.6. The number of rotatable bonds is 29. The van der Waals surface area contributed by atoms with Crippen LogP contribution >= 0.6 is 0 Å². The van der Waals surface area contributed by atoms with Crippen molar-refractivity contribution in [1.82, 2.24) is 5.32 Å². The molecule has 0 bridgehead atoms. The van der Waals surface area contributed by atoms with E-state index in [0.717, 1.165) is 18.6 Å². The van der Waals surface area contributed by atoms with Crippen molar-refractivity contribution in [2.75, 3.05) is 99.0 Å². The molecule has 1 aromatic rings. The predicted molar refractivity (Wildman–Crippen MR) is 149 cm³/mol. The fourth-order valence-corrected chi connectivity index (χ4v) is 3.23. The third-order valence-corrected chi connectivity index (χ3v) is 5.35. The monoisotopic (exact) mass is 557 g/mol. The predicted octanol–water partition coefficient (Wildman–Crippen LogP) is 4.00. The number of benzene rings is 1. The molecule has 1 N–H and O–H groups in total. The average molecular weight is 558 g/mol. The summed E-state index contributed by atoms with van der Waals surface area (Å²) in [6.07, 6.45) is 5.81. The lowest BCUT2D eigenvalue weighted by Crippen LogP contribution is -2.28. The van der Waals surface area contributed by atoms with Gasteiger partial charge >= 0.3 is 6.09 Å². The van der Waals surface area contributed by atoms with E-state index in [-0.39, 0.29) is 6.61 Å². The third-order valence-electron chi connectivity index (χ3n) is 5.35. The molecule has 0 unspecified atom stereocenters. The van der Waals surface area contributed by atoms with Crippen LogP contribution in [0.4, 0.5) is 4.79 Å². The SMILES string of the molecule is CCCCCCCOCCOCCOCCOCCOCCOCCOCCNC(=O)OCc1ccccc1. The van der Waals surface area contributed by atoms with Gasteiger partial charge in [0, 0.05) is 13.2 Å². The maximum Gasteiger partial charge on any atom is 0.407 e. The lowest BCUT2D eigenvalue weighted by molar-refractivity contribution is -0.0204. The van der Waals surface area contributed by atoms with Gasteiger partial charge in [0.1, 0.15) is 6.61 Å². The molecule has 1 amide bonds. The number of carbonyl (C=O) groups is 1. The van der Waals surface area contributed by atoms with Crippen LogP contribution in [0.3, 0.4) is 0 Å². The topological polar surface area (TPSA) is 103 Å². The first kappa shape index (κ1) is 35.2. The summed E-state index contributed by atoms with van der Waals surface area (Å²) < 4.78 is 43.4. The lowest BCUT2D eigenvalue weighted by Gasteiger charge is -2.09. The molecular weight excluding hydrogens is 506 g/mol. The molecule has 39 heavy (non-hydrogen) atoms. The quantitative estimate of drug-likeness (QED) is 0.146. The minimum Gasteiger partial charge on any atom is -0.445 e. The molecule has 226 valence electrons. The molecule has 0 heterocycles. The molecule has 0 atom stereocenters. The van der Waals surface area contributed by atoms with Gasteiger partial charge in [0.15, 0.2) is 0 Å². The minimum atomic E-state index is -0.461. The Morgan fingerprint density at radius 3 is 1.49 bits per heavy atom. The summed E-state index contributed by atoms with van der Waals surface area (Å²) >= 11 is 0. The van der Waals surface area contributed by atoms with Crippen molar-refractivity contribution in [3.8, 4) is 0 Å². The molecule has 0 saturated heterocycles. The Bertz CT molecular complexity index is 636. The van der Waals surface area contributed by atoms with Gasteiger partial charge in [-0.25, -0.2) is 4.79 Å². The summed E-state index contributed by atoms with van der Waals surface area (Å²) in [5, 5.41) is 2.64. The van der Waals surface area contributed by atoms with Crippen molar-refractivity contribution in [3.63, 3.8) is 0 Å². The van der Waals surface area contributed by atoms with Crippen molar-refractivity contribution in [1.29, 1.82) is 0 Å². The van der Waals surface area contributed by atoms with Crippen molar-refractivity contribution in [3.05, 3.63) is 35.9 Å². The number of carbonyl (C=O) groups excluding carboxylic acids is 1. The van der Waals surface area contributed by atoms with Crippen LogP contribution < -0.4 is 5.32 Å². The zero-order chi connectivity index (χ0) is 27.9. The van der Waals surface area contributed by atoms with Crippen LogP contribution in [-0.2, 0) is 44.5 Å². The van der Waals surface area contributed by atoms with Gasteiger partial charge in [0.05, 0.1) is 85.9 Å². The Hall–Kier alpha value is -1.79. The first-order chi connectivity index (χ1) is 19.3. The van der Waals surface area contributed by atoms with Crippen LogP contribution in [0.5, 0.6) is 0 Å². The standard InChI is InChI=1S/C29H51NO9/c1-2-3-4-5-9-13-32-15-17-34-19-21-36-23-25-38-26-24-37-22-20-35-18-16-33-14-12-30-29(31)39-27-28-10-7-6-8-11-28/h6-8,10-11H,2-5,9,12-27H2,1H3,(H,30,31). The van der Waals surface area contributed by atoms with Crippen LogP contribution in [0.25, 0.3) is 0 Å². The Morgan fingerprint density at radius 2 is 1.00 bits per heavy atom. The smallest absolute Gasteiger partial charge is 0.407 e. The van der Waals surface area contributed by atoms with Gasteiger partial charge in [0.25, 0.3) is 0 Å². The summed E-state index contributed by atoms with van der Waals surface area (Å²) in [6, 6.07) is 9.53. The van der Waals surface area contributed by atoms with E-state index in [9.17, 15) is 4.79 Å². The molecule has 0 aliphatic carbocycles. The van der Waals surface area contributed by atoms with E-state index in [4.69, 9.17) is 37.9 Å². The highest BCUT2D eigenvalue weighted by Crippen LogP contribution is 2.02. The first-order valence-electron chi connectivity index (χ1n) is 14.3. The highest BCUT2D eigenvalue weighted by molar-refractivity contribution is 5.67.